The second kappa shape index (κ2) is 8.00. The number of halogens is 1. The first-order chi connectivity index (χ1) is 12.4. The number of rotatable bonds is 5. The number of anilines is 1. The van der Waals surface area contributed by atoms with Gasteiger partial charge in [-0.05, 0) is 61.6 Å². The average molecular weight is 411 g/mol. The highest BCUT2D eigenvalue weighted by Gasteiger charge is 2.39. The molecule has 3 rings (SSSR count). The molecule has 1 N–H and O–H groups in total. The lowest BCUT2D eigenvalue weighted by molar-refractivity contribution is -0.119. The van der Waals surface area contributed by atoms with Gasteiger partial charge in [-0.3, -0.25) is 4.79 Å². The summed E-state index contributed by atoms with van der Waals surface area (Å²) in [4.78, 5) is 13.9. The van der Waals surface area contributed by atoms with Crippen molar-refractivity contribution >= 4 is 45.0 Å². The van der Waals surface area contributed by atoms with E-state index < -0.39 is 16.1 Å². The van der Waals surface area contributed by atoms with E-state index in [4.69, 9.17) is 11.6 Å². The fourth-order valence-corrected chi connectivity index (χ4v) is 5.20. The van der Waals surface area contributed by atoms with Gasteiger partial charge >= 0.3 is 0 Å². The maximum atomic E-state index is 12.9. The quantitative estimate of drug-likeness (QED) is 0.760. The molecule has 1 amide bonds. The lowest BCUT2D eigenvalue weighted by Gasteiger charge is -2.23. The molecule has 8 heteroatoms. The molecular weight excluding hydrogens is 392 g/mol. The van der Waals surface area contributed by atoms with E-state index in [1.54, 1.807) is 17.8 Å². The lowest BCUT2D eigenvalue weighted by Crippen LogP contribution is -2.43. The molecule has 0 aliphatic carbocycles. The summed E-state index contributed by atoms with van der Waals surface area (Å²) < 4.78 is 27.1. The summed E-state index contributed by atoms with van der Waals surface area (Å²) in [5.74, 6) is -0.307. The summed E-state index contributed by atoms with van der Waals surface area (Å²) >= 11 is 7.42. The Hall–Kier alpha value is -1.54. The molecule has 1 aliphatic rings. The molecule has 2 aromatic carbocycles. The van der Waals surface area contributed by atoms with Crippen molar-refractivity contribution in [1.82, 2.24) is 4.31 Å². The van der Waals surface area contributed by atoms with Gasteiger partial charge in [-0.1, -0.05) is 17.7 Å². The molecule has 0 saturated carbocycles. The lowest BCUT2D eigenvalue weighted by atomic mass is 10.2. The van der Waals surface area contributed by atoms with Gasteiger partial charge in [0.15, 0.2) is 0 Å². The van der Waals surface area contributed by atoms with Crippen LogP contribution in [0.5, 0.6) is 0 Å². The first-order valence-corrected chi connectivity index (χ1v) is 11.2. The summed E-state index contributed by atoms with van der Waals surface area (Å²) in [5, 5.41) is 3.31. The van der Waals surface area contributed by atoms with Crippen LogP contribution >= 0.6 is 23.4 Å². The minimum absolute atomic E-state index is 0.144. The first-order valence-electron chi connectivity index (χ1n) is 8.14. The van der Waals surface area contributed by atoms with E-state index in [9.17, 15) is 13.2 Å². The Balaban J connectivity index is 1.80. The first kappa shape index (κ1) is 19.2. The van der Waals surface area contributed by atoms with Gasteiger partial charge < -0.3 is 5.32 Å². The molecular formula is C18H19ClN2O3S2. The summed E-state index contributed by atoms with van der Waals surface area (Å²) in [5.41, 5.74) is 0.664. The normalized spacial score (nSPS) is 18.0. The number of amides is 1. The highest BCUT2D eigenvalue weighted by Crippen LogP contribution is 2.28. The highest BCUT2D eigenvalue weighted by atomic mass is 35.5. The number of carbonyl (C=O) groups is 1. The van der Waals surface area contributed by atoms with E-state index in [0.29, 0.717) is 30.1 Å². The van der Waals surface area contributed by atoms with Gasteiger partial charge in [0.2, 0.25) is 15.9 Å². The summed E-state index contributed by atoms with van der Waals surface area (Å²) in [6.45, 7) is 0.327. The van der Waals surface area contributed by atoms with Crippen LogP contribution < -0.4 is 5.32 Å². The van der Waals surface area contributed by atoms with Crippen molar-refractivity contribution < 1.29 is 13.2 Å². The number of hydrogen-bond donors (Lipinski definition) is 1. The van der Waals surface area contributed by atoms with Crippen molar-refractivity contribution in [1.29, 1.82) is 0 Å². The average Bonchev–Trinajstić information content (AvgIpc) is 3.13. The van der Waals surface area contributed by atoms with Crippen molar-refractivity contribution in [3.05, 3.63) is 53.6 Å². The number of thioether (sulfide) groups is 1. The smallest absolute Gasteiger partial charge is 0.243 e. The van der Waals surface area contributed by atoms with E-state index >= 15 is 0 Å². The number of benzene rings is 2. The van der Waals surface area contributed by atoms with Crippen LogP contribution in [0.25, 0.3) is 0 Å². The molecule has 1 atom stereocenters. The van der Waals surface area contributed by atoms with Crippen LogP contribution in [0.4, 0.5) is 5.69 Å². The number of nitrogens with one attached hydrogen (secondary N) is 1. The third-order valence-electron chi connectivity index (χ3n) is 4.26. The van der Waals surface area contributed by atoms with Crippen LogP contribution in [-0.2, 0) is 14.8 Å². The second-order valence-corrected chi connectivity index (χ2v) is 9.16. The molecule has 1 heterocycles. The molecule has 2 aromatic rings. The maximum Gasteiger partial charge on any atom is 0.243 e. The van der Waals surface area contributed by atoms with Gasteiger partial charge in [0, 0.05) is 22.2 Å². The standard InChI is InChI=1S/C18H19ClN2O3S2/c1-25-15-5-2-4-14(12-15)20-18(22)17-6-3-11-21(17)26(23,24)16-9-7-13(19)8-10-16/h2,4-5,7-10,12,17H,3,6,11H2,1H3,(H,20,22)/t17-/m1/s1. The number of hydrogen-bond acceptors (Lipinski definition) is 4. The Morgan fingerprint density at radius 1 is 1.23 bits per heavy atom. The summed E-state index contributed by atoms with van der Waals surface area (Å²) in [6, 6.07) is 12.8. The van der Waals surface area contributed by atoms with Crippen LogP contribution in [0.15, 0.2) is 58.3 Å². The summed E-state index contributed by atoms with van der Waals surface area (Å²) in [6.07, 6.45) is 3.11. The Bertz CT molecular complexity index is 901. The minimum atomic E-state index is -3.75. The Morgan fingerprint density at radius 2 is 1.96 bits per heavy atom. The predicted octanol–water partition coefficient (Wildman–Crippen LogP) is 3.85. The van der Waals surface area contributed by atoms with Gasteiger partial charge in [-0.25, -0.2) is 8.42 Å². The van der Waals surface area contributed by atoms with E-state index in [-0.39, 0.29) is 10.8 Å². The molecule has 1 aliphatic heterocycles. The molecule has 1 fully saturated rings. The van der Waals surface area contributed by atoms with E-state index in [1.807, 2.05) is 24.5 Å². The number of sulfonamides is 1. The Morgan fingerprint density at radius 3 is 2.65 bits per heavy atom. The summed E-state index contributed by atoms with van der Waals surface area (Å²) in [7, 11) is -3.75. The Kier molecular flexibility index (Phi) is 5.92. The fourth-order valence-electron chi connectivity index (χ4n) is 2.96. The highest BCUT2D eigenvalue weighted by molar-refractivity contribution is 7.98. The van der Waals surface area contributed by atoms with Crippen LogP contribution in [0.3, 0.4) is 0 Å². The topological polar surface area (TPSA) is 66.5 Å². The van der Waals surface area contributed by atoms with Crippen LogP contribution in [-0.4, -0.2) is 37.5 Å². The van der Waals surface area contributed by atoms with Crippen LogP contribution in [0, 0.1) is 0 Å². The van der Waals surface area contributed by atoms with E-state index in [0.717, 1.165) is 4.90 Å². The third-order valence-corrected chi connectivity index (χ3v) is 7.16. The van der Waals surface area contributed by atoms with Gasteiger partial charge in [-0.15, -0.1) is 11.8 Å². The molecule has 0 radical (unpaired) electrons. The predicted molar refractivity (Wildman–Crippen MR) is 105 cm³/mol. The zero-order chi connectivity index (χ0) is 18.7. The zero-order valence-electron chi connectivity index (χ0n) is 14.2. The van der Waals surface area contributed by atoms with Crippen molar-refractivity contribution in [2.45, 2.75) is 28.7 Å². The molecule has 0 spiro atoms. The monoisotopic (exact) mass is 410 g/mol. The maximum absolute atomic E-state index is 12.9. The molecule has 1 saturated heterocycles. The van der Waals surface area contributed by atoms with Gasteiger partial charge in [0.25, 0.3) is 0 Å². The number of carbonyl (C=O) groups excluding carboxylic acids is 1. The number of nitrogens with zero attached hydrogens (tertiary/aromatic N) is 1. The van der Waals surface area contributed by atoms with Gasteiger partial charge in [0.05, 0.1) is 4.90 Å². The fraction of sp³-hybridized carbons (Fsp3) is 0.278. The van der Waals surface area contributed by atoms with E-state index in [1.165, 1.54) is 28.6 Å². The van der Waals surface area contributed by atoms with E-state index in [2.05, 4.69) is 5.32 Å². The largest absolute Gasteiger partial charge is 0.325 e. The second-order valence-electron chi connectivity index (χ2n) is 5.95. The minimum Gasteiger partial charge on any atom is -0.325 e. The third kappa shape index (κ3) is 4.06. The van der Waals surface area contributed by atoms with Crippen molar-refractivity contribution in [2.24, 2.45) is 0 Å². The van der Waals surface area contributed by atoms with Crippen LogP contribution in [0.2, 0.25) is 5.02 Å². The van der Waals surface area contributed by atoms with Crippen molar-refractivity contribution in [3.8, 4) is 0 Å². The molecule has 0 bridgehead atoms. The van der Waals surface area contributed by atoms with Crippen molar-refractivity contribution in [3.63, 3.8) is 0 Å². The van der Waals surface area contributed by atoms with Gasteiger partial charge in [-0.2, -0.15) is 4.31 Å². The molecule has 5 nitrogen and oxygen atoms in total. The molecule has 0 aromatic heterocycles. The van der Waals surface area contributed by atoms with Gasteiger partial charge in [0.1, 0.15) is 6.04 Å². The van der Waals surface area contributed by atoms with Crippen LogP contribution in [0.1, 0.15) is 12.8 Å². The SMILES string of the molecule is CSc1cccc(NC(=O)[C@H]2CCCN2S(=O)(=O)c2ccc(Cl)cc2)c1. The molecule has 26 heavy (non-hydrogen) atoms. The molecule has 0 unspecified atom stereocenters. The molecule has 138 valence electrons. The zero-order valence-corrected chi connectivity index (χ0v) is 16.6. The van der Waals surface area contributed by atoms with Crippen molar-refractivity contribution in [2.75, 3.05) is 18.1 Å². The Labute approximate surface area is 162 Å².